The van der Waals surface area contributed by atoms with Gasteiger partial charge in [-0.1, -0.05) is 42.5 Å². The molecule has 0 radical (unpaired) electrons. The Kier molecular flexibility index (Phi) is 8.06. The van der Waals surface area contributed by atoms with Crippen molar-refractivity contribution in [1.82, 2.24) is 9.80 Å². The van der Waals surface area contributed by atoms with Crippen LogP contribution < -0.4 is 5.32 Å². The lowest BCUT2D eigenvalue weighted by Crippen LogP contribution is -2.47. The number of ether oxygens (including phenoxy) is 1. The highest BCUT2D eigenvalue weighted by molar-refractivity contribution is 5.93. The lowest BCUT2D eigenvalue weighted by Gasteiger charge is -2.34. The summed E-state index contributed by atoms with van der Waals surface area (Å²) in [7, 11) is 0. The number of nitrogens with zero attached hydrogens (tertiary/aromatic N) is 2. The number of halogens is 3. The van der Waals surface area contributed by atoms with Crippen molar-refractivity contribution in [2.75, 3.05) is 44.7 Å². The molecule has 5 nitrogen and oxygen atoms in total. The van der Waals surface area contributed by atoms with Crippen molar-refractivity contribution in [1.29, 1.82) is 0 Å². The first kappa shape index (κ1) is 23.2. The van der Waals surface area contributed by atoms with E-state index in [2.05, 4.69) is 10.2 Å². The van der Waals surface area contributed by atoms with Crippen LogP contribution in [0.25, 0.3) is 0 Å². The van der Waals surface area contributed by atoms with Crippen LogP contribution in [0.4, 0.5) is 18.9 Å². The molecule has 0 saturated carbocycles. The Morgan fingerprint density at radius 2 is 1.74 bits per heavy atom. The van der Waals surface area contributed by atoms with Crippen molar-refractivity contribution in [3.8, 4) is 0 Å². The summed E-state index contributed by atoms with van der Waals surface area (Å²) >= 11 is 0. The molecule has 1 atom stereocenters. The number of carbonyl (C=O) groups is 1. The summed E-state index contributed by atoms with van der Waals surface area (Å²) in [4.78, 5) is 17.0. The van der Waals surface area contributed by atoms with Crippen molar-refractivity contribution < 1.29 is 22.7 Å². The second kappa shape index (κ2) is 10.7. The number of carbonyl (C=O) groups excluding carboxylic acids is 1. The van der Waals surface area contributed by atoms with Gasteiger partial charge in [0.1, 0.15) is 0 Å². The van der Waals surface area contributed by atoms with Gasteiger partial charge in [0.05, 0.1) is 31.0 Å². The molecule has 0 aromatic heterocycles. The smallest absolute Gasteiger partial charge is 0.379 e. The molecule has 3 rings (SSSR count). The van der Waals surface area contributed by atoms with Crippen LogP contribution in [0.3, 0.4) is 0 Å². The monoisotopic (exact) mass is 435 g/mol. The van der Waals surface area contributed by atoms with E-state index in [1.807, 2.05) is 42.2 Å². The molecule has 2 aromatic rings. The number of rotatable bonds is 8. The molecular weight excluding hydrogens is 407 g/mol. The highest BCUT2D eigenvalue weighted by Gasteiger charge is 2.33. The fourth-order valence-corrected chi connectivity index (χ4v) is 3.67. The van der Waals surface area contributed by atoms with Gasteiger partial charge in [0.15, 0.2) is 0 Å². The molecule has 8 heteroatoms. The van der Waals surface area contributed by atoms with Gasteiger partial charge >= 0.3 is 6.18 Å². The van der Waals surface area contributed by atoms with E-state index in [0.29, 0.717) is 19.8 Å². The fraction of sp³-hybridized carbons (Fsp3) is 0.435. The van der Waals surface area contributed by atoms with Crippen LogP contribution >= 0.6 is 0 Å². The van der Waals surface area contributed by atoms with Gasteiger partial charge in [-0.3, -0.25) is 14.6 Å². The molecule has 2 aromatic carbocycles. The van der Waals surface area contributed by atoms with E-state index < -0.39 is 17.6 Å². The molecule has 1 aliphatic rings. The van der Waals surface area contributed by atoms with Crippen molar-refractivity contribution in [3.63, 3.8) is 0 Å². The zero-order valence-electron chi connectivity index (χ0n) is 17.6. The maximum Gasteiger partial charge on any atom is 0.418 e. The Morgan fingerprint density at radius 1 is 1.10 bits per heavy atom. The first-order valence-electron chi connectivity index (χ1n) is 10.4. The van der Waals surface area contributed by atoms with Crippen molar-refractivity contribution in [2.24, 2.45) is 0 Å². The average molecular weight is 435 g/mol. The molecule has 0 bridgehead atoms. The zero-order chi connectivity index (χ0) is 22.3. The molecule has 168 valence electrons. The number of nitrogens with one attached hydrogen (secondary N) is 1. The molecule has 1 aliphatic heterocycles. The lowest BCUT2D eigenvalue weighted by molar-refractivity contribution is -0.137. The lowest BCUT2D eigenvalue weighted by atomic mass is 10.1. The van der Waals surface area contributed by atoms with Gasteiger partial charge in [0.2, 0.25) is 5.91 Å². The van der Waals surface area contributed by atoms with Gasteiger partial charge in [-0.2, -0.15) is 13.2 Å². The predicted octanol–water partition coefficient (Wildman–Crippen LogP) is 3.87. The molecule has 1 unspecified atom stereocenters. The topological polar surface area (TPSA) is 44.8 Å². The van der Waals surface area contributed by atoms with Crippen LogP contribution in [0.15, 0.2) is 54.6 Å². The zero-order valence-corrected chi connectivity index (χ0v) is 17.6. The molecule has 1 amide bonds. The molecule has 0 spiro atoms. The number of hydrogen-bond donors (Lipinski definition) is 1. The van der Waals surface area contributed by atoms with E-state index in [9.17, 15) is 18.0 Å². The second-order valence-electron chi connectivity index (χ2n) is 7.74. The Hall–Kier alpha value is -2.42. The number of amides is 1. The summed E-state index contributed by atoms with van der Waals surface area (Å²) in [6.07, 6.45) is -4.53. The minimum Gasteiger partial charge on any atom is -0.379 e. The summed E-state index contributed by atoms with van der Waals surface area (Å²) in [6.45, 7) is 6.33. The highest BCUT2D eigenvalue weighted by Crippen LogP contribution is 2.34. The number of anilines is 1. The largest absolute Gasteiger partial charge is 0.418 e. The van der Waals surface area contributed by atoms with Crippen LogP contribution in [-0.4, -0.2) is 61.1 Å². The Labute approximate surface area is 180 Å². The number of morpholine rings is 1. The molecule has 1 heterocycles. The third kappa shape index (κ3) is 7.05. The van der Waals surface area contributed by atoms with Crippen LogP contribution in [0.5, 0.6) is 0 Å². The van der Waals surface area contributed by atoms with E-state index in [-0.39, 0.29) is 18.3 Å². The maximum absolute atomic E-state index is 13.3. The Bertz CT molecular complexity index is 839. The van der Waals surface area contributed by atoms with Crippen LogP contribution in [0, 0.1) is 0 Å². The van der Waals surface area contributed by atoms with Crippen LogP contribution in [0.1, 0.15) is 18.1 Å². The molecule has 31 heavy (non-hydrogen) atoms. The van der Waals surface area contributed by atoms with Gasteiger partial charge in [0.25, 0.3) is 0 Å². The number of benzene rings is 2. The van der Waals surface area contributed by atoms with Crippen molar-refractivity contribution >= 4 is 11.6 Å². The highest BCUT2D eigenvalue weighted by atomic mass is 19.4. The van der Waals surface area contributed by atoms with Crippen LogP contribution in [0.2, 0.25) is 0 Å². The van der Waals surface area contributed by atoms with Gasteiger partial charge in [-0.15, -0.1) is 0 Å². The third-order valence-corrected chi connectivity index (χ3v) is 5.33. The van der Waals surface area contributed by atoms with Gasteiger partial charge in [-0.05, 0) is 24.6 Å². The summed E-state index contributed by atoms with van der Waals surface area (Å²) in [5.41, 5.74) is -0.0281. The number of hydrogen-bond acceptors (Lipinski definition) is 4. The molecular formula is C23H28F3N3O2. The SMILES string of the molecule is CC(CN1CCOCC1)N(CC(=O)Nc1ccccc1C(F)(F)F)Cc1ccccc1. The number of para-hydroxylation sites is 1. The molecule has 1 fully saturated rings. The first-order valence-corrected chi connectivity index (χ1v) is 10.4. The Morgan fingerprint density at radius 3 is 2.42 bits per heavy atom. The maximum atomic E-state index is 13.3. The summed E-state index contributed by atoms with van der Waals surface area (Å²) in [5.74, 6) is -0.471. The third-order valence-electron chi connectivity index (χ3n) is 5.33. The minimum absolute atomic E-state index is 0.00735. The van der Waals surface area contributed by atoms with Crippen molar-refractivity contribution in [2.45, 2.75) is 25.7 Å². The second-order valence-corrected chi connectivity index (χ2v) is 7.74. The van der Waals surface area contributed by atoms with E-state index in [4.69, 9.17) is 4.74 Å². The quantitative estimate of drug-likeness (QED) is 0.684. The average Bonchev–Trinajstić information content (AvgIpc) is 2.74. The van der Waals surface area contributed by atoms with Crippen LogP contribution in [-0.2, 0) is 22.3 Å². The van der Waals surface area contributed by atoms with E-state index in [0.717, 1.165) is 31.3 Å². The van der Waals surface area contributed by atoms with E-state index >= 15 is 0 Å². The molecule has 1 N–H and O–H groups in total. The normalized spacial score (nSPS) is 16.3. The predicted molar refractivity (Wildman–Crippen MR) is 114 cm³/mol. The molecule has 0 aliphatic carbocycles. The summed E-state index contributed by atoms with van der Waals surface area (Å²) in [5, 5.41) is 2.46. The first-order chi connectivity index (χ1) is 14.8. The van der Waals surface area contributed by atoms with E-state index in [1.165, 1.54) is 18.2 Å². The summed E-state index contributed by atoms with van der Waals surface area (Å²) < 4.78 is 45.2. The fourth-order valence-electron chi connectivity index (χ4n) is 3.67. The summed E-state index contributed by atoms with van der Waals surface area (Å²) in [6, 6.07) is 14.8. The van der Waals surface area contributed by atoms with Gasteiger partial charge in [0, 0.05) is 32.2 Å². The standard InChI is InChI=1S/C23H28F3N3O2/c1-18(15-28-11-13-31-14-12-28)29(16-19-7-3-2-4-8-19)17-22(30)27-21-10-6-5-9-20(21)23(24,25)26/h2-10,18H,11-17H2,1H3,(H,27,30). The van der Waals surface area contributed by atoms with E-state index in [1.54, 1.807) is 0 Å². The Balaban J connectivity index is 1.70. The van der Waals surface area contributed by atoms with Gasteiger partial charge < -0.3 is 10.1 Å². The minimum atomic E-state index is -4.53. The van der Waals surface area contributed by atoms with Gasteiger partial charge in [-0.25, -0.2) is 0 Å². The van der Waals surface area contributed by atoms with Crippen molar-refractivity contribution in [3.05, 3.63) is 65.7 Å². The number of alkyl halides is 3. The molecule has 1 saturated heterocycles.